The molecule has 1 saturated heterocycles. The maximum atomic E-state index is 13.3. The van der Waals surface area contributed by atoms with Crippen molar-refractivity contribution in [2.75, 3.05) is 13.1 Å². The van der Waals surface area contributed by atoms with E-state index in [-0.39, 0.29) is 34.7 Å². The Morgan fingerprint density at radius 1 is 1.10 bits per heavy atom. The number of nitrogens with zero attached hydrogens (tertiary/aromatic N) is 2. The second-order valence-corrected chi connectivity index (χ2v) is 11.3. The first-order chi connectivity index (χ1) is 13.9. The number of rotatable bonds is 5. The first-order valence-electron chi connectivity index (χ1n) is 10.3. The van der Waals surface area contributed by atoms with Crippen LogP contribution in [0.4, 0.5) is 0 Å². The maximum Gasteiger partial charge on any atom is 0.259 e. The summed E-state index contributed by atoms with van der Waals surface area (Å²) in [5.74, 6) is -0.594. The zero-order valence-electron chi connectivity index (χ0n) is 16.3. The summed E-state index contributed by atoms with van der Waals surface area (Å²) >= 11 is 1.12. The van der Waals surface area contributed by atoms with Crippen LogP contribution in [0.2, 0.25) is 0 Å². The smallest absolute Gasteiger partial charge is 0.259 e. The minimum atomic E-state index is -3.86. The minimum absolute atomic E-state index is 0.0339. The highest BCUT2D eigenvalue weighted by molar-refractivity contribution is 7.91. The molecule has 8 nitrogen and oxygen atoms in total. The van der Waals surface area contributed by atoms with E-state index in [1.807, 2.05) is 0 Å². The van der Waals surface area contributed by atoms with Crippen LogP contribution < -0.4 is 11.1 Å². The van der Waals surface area contributed by atoms with Gasteiger partial charge in [-0.15, -0.1) is 11.3 Å². The molecule has 10 heteroatoms. The van der Waals surface area contributed by atoms with Crippen LogP contribution in [-0.2, 0) is 19.6 Å². The molecule has 2 saturated carbocycles. The third-order valence-corrected chi connectivity index (χ3v) is 9.19. The minimum Gasteiger partial charge on any atom is -0.350 e. The Morgan fingerprint density at radius 2 is 1.83 bits per heavy atom. The van der Waals surface area contributed by atoms with Crippen molar-refractivity contribution in [3.63, 3.8) is 0 Å². The molecule has 160 valence electrons. The molecule has 1 unspecified atom stereocenters. The predicted molar refractivity (Wildman–Crippen MR) is 109 cm³/mol. The number of carbonyl (C=O) groups is 2. The van der Waals surface area contributed by atoms with Gasteiger partial charge in [0.2, 0.25) is 5.91 Å². The average molecular weight is 441 g/mol. The molecular formula is C19H28N4O4S2. The van der Waals surface area contributed by atoms with Crippen LogP contribution in [-0.4, -0.2) is 60.8 Å². The van der Waals surface area contributed by atoms with Gasteiger partial charge in [-0.1, -0.05) is 6.07 Å². The largest absolute Gasteiger partial charge is 0.350 e. The van der Waals surface area contributed by atoms with Crippen molar-refractivity contribution in [2.45, 2.75) is 67.4 Å². The molecule has 1 aromatic heterocycles. The summed E-state index contributed by atoms with van der Waals surface area (Å²) in [6.07, 6.45) is 4.21. The molecule has 3 fully saturated rings. The molecule has 2 heterocycles. The van der Waals surface area contributed by atoms with Crippen molar-refractivity contribution in [1.29, 1.82) is 0 Å². The summed E-state index contributed by atoms with van der Waals surface area (Å²) in [7, 11) is -3.86. The maximum absolute atomic E-state index is 13.3. The van der Waals surface area contributed by atoms with Gasteiger partial charge in [0.05, 0.1) is 0 Å². The quantitative estimate of drug-likeness (QED) is 0.712. The molecule has 0 bridgehead atoms. The van der Waals surface area contributed by atoms with Crippen LogP contribution in [0.15, 0.2) is 21.7 Å². The van der Waals surface area contributed by atoms with Crippen molar-refractivity contribution in [2.24, 2.45) is 11.7 Å². The van der Waals surface area contributed by atoms with E-state index >= 15 is 0 Å². The highest BCUT2D eigenvalue weighted by Crippen LogP contribution is 2.34. The molecule has 3 N–H and O–H groups in total. The average Bonchev–Trinajstić information content (AvgIpc) is 3.41. The highest BCUT2D eigenvalue weighted by atomic mass is 32.2. The van der Waals surface area contributed by atoms with Crippen LogP contribution in [0.1, 0.15) is 44.9 Å². The third-order valence-electron chi connectivity index (χ3n) is 5.97. The lowest BCUT2D eigenvalue weighted by molar-refractivity contribution is -0.148. The lowest BCUT2D eigenvalue weighted by Gasteiger charge is -2.42. The second-order valence-electron chi connectivity index (χ2n) is 8.20. The van der Waals surface area contributed by atoms with Gasteiger partial charge >= 0.3 is 0 Å². The van der Waals surface area contributed by atoms with Crippen LogP contribution >= 0.6 is 11.3 Å². The van der Waals surface area contributed by atoms with Gasteiger partial charge in [0.25, 0.3) is 15.9 Å². The number of nitrogens with two attached hydrogens (primary N) is 1. The van der Waals surface area contributed by atoms with Crippen molar-refractivity contribution < 1.29 is 18.0 Å². The van der Waals surface area contributed by atoms with Crippen LogP contribution in [0.3, 0.4) is 0 Å². The Morgan fingerprint density at radius 3 is 2.45 bits per heavy atom. The predicted octanol–water partition coefficient (Wildman–Crippen LogP) is 1.09. The van der Waals surface area contributed by atoms with E-state index in [2.05, 4.69) is 5.32 Å². The topological polar surface area (TPSA) is 113 Å². The molecule has 0 aromatic carbocycles. The zero-order valence-corrected chi connectivity index (χ0v) is 18.0. The van der Waals surface area contributed by atoms with Gasteiger partial charge in [-0.2, -0.15) is 4.31 Å². The number of thiophene rings is 1. The third kappa shape index (κ3) is 4.35. The summed E-state index contributed by atoms with van der Waals surface area (Å²) in [6.45, 7) is 0.627. The number of hydrogen-bond donors (Lipinski definition) is 2. The van der Waals surface area contributed by atoms with Crippen molar-refractivity contribution in [3.05, 3.63) is 17.5 Å². The van der Waals surface area contributed by atoms with Gasteiger partial charge in [0.15, 0.2) is 6.17 Å². The fourth-order valence-electron chi connectivity index (χ4n) is 4.18. The lowest BCUT2D eigenvalue weighted by atomic mass is 9.92. The Balaban J connectivity index is 1.60. The van der Waals surface area contributed by atoms with Crippen molar-refractivity contribution in [1.82, 2.24) is 14.5 Å². The van der Waals surface area contributed by atoms with E-state index in [0.29, 0.717) is 13.0 Å². The van der Waals surface area contributed by atoms with E-state index in [0.717, 1.165) is 49.9 Å². The first kappa shape index (κ1) is 20.8. The summed E-state index contributed by atoms with van der Waals surface area (Å²) in [6, 6.07) is 3.34. The molecule has 0 radical (unpaired) electrons. The van der Waals surface area contributed by atoms with Crippen molar-refractivity contribution in [3.8, 4) is 0 Å². The molecule has 3 aliphatic rings. The number of sulfonamides is 1. The molecule has 2 aliphatic carbocycles. The molecule has 1 aromatic rings. The van der Waals surface area contributed by atoms with E-state index in [1.54, 1.807) is 17.5 Å². The summed E-state index contributed by atoms with van der Waals surface area (Å²) in [5, 5.41) is 4.71. The van der Waals surface area contributed by atoms with Crippen LogP contribution in [0, 0.1) is 5.92 Å². The fraction of sp³-hybridized carbons (Fsp3) is 0.684. The molecular weight excluding hydrogens is 412 g/mol. The Labute approximate surface area is 175 Å². The van der Waals surface area contributed by atoms with Gasteiger partial charge in [-0.05, 0) is 56.4 Å². The molecule has 4 rings (SSSR count). The van der Waals surface area contributed by atoms with E-state index in [4.69, 9.17) is 5.73 Å². The molecule has 2 amide bonds. The molecule has 29 heavy (non-hydrogen) atoms. The molecule has 0 spiro atoms. The number of nitrogens with one attached hydrogen (secondary N) is 1. The summed E-state index contributed by atoms with van der Waals surface area (Å²) in [4.78, 5) is 27.7. The monoisotopic (exact) mass is 440 g/mol. The fourth-order valence-corrected chi connectivity index (χ4v) is 6.89. The lowest BCUT2D eigenvalue weighted by Crippen LogP contribution is -2.64. The van der Waals surface area contributed by atoms with Gasteiger partial charge in [-0.3, -0.25) is 9.59 Å². The van der Waals surface area contributed by atoms with Gasteiger partial charge in [0.1, 0.15) is 4.21 Å². The Bertz CT molecular complexity index is 846. The van der Waals surface area contributed by atoms with E-state index in [9.17, 15) is 18.0 Å². The van der Waals surface area contributed by atoms with Crippen LogP contribution in [0.5, 0.6) is 0 Å². The van der Waals surface area contributed by atoms with Gasteiger partial charge in [0, 0.05) is 31.1 Å². The van der Waals surface area contributed by atoms with E-state index in [1.165, 1.54) is 9.21 Å². The molecule has 1 atom stereocenters. The standard InChI is InChI=1S/C19H28N4O4S2/c20-14-6-8-15(9-7-14)21-17(24)18-22(19(25)13-4-5-13)10-2-11-23(18)29(26,27)16-3-1-12-28-16/h1,3,12-15,18H,2,4-11,20H2,(H,21,24). The Hall–Kier alpha value is -1.49. The van der Waals surface area contributed by atoms with Gasteiger partial charge < -0.3 is 16.0 Å². The first-order valence-corrected chi connectivity index (χ1v) is 12.6. The van der Waals surface area contributed by atoms with Gasteiger partial charge in [-0.25, -0.2) is 8.42 Å². The molecule has 1 aliphatic heterocycles. The number of carbonyl (C=O) groups excluding carboxylic acids is 2. The SMILES string of the molecule is NC1CCC(NC(=O)C2N(C(=O)C3CC3)CCCN2S(=O)(=O)c2cccs2)CC1. The zero-order chi connectivity index (χ0) is 20.6. The normalized spacial score (nSPS) is 28.9. The summed E-state index contributed by atoms with van der Waals surface area (Å²) < 4.78 is 27.9. The van der Waals surface area contributed by atoms with E-state index < -0.39 is 22.1 Å². The summed E-state index contributed by atoms with van der Waals surface area (Å²) in [5.41, 5.74) is 5.95. The number of hydrogen-bond acceptors (Lipinski definition) is 6. The highest BCUT2D eigenvalue weighted by Gasteiger charge is 2.47. The van der Waals surface area contributed by atoms with Crippen LogP contribution in [0.25, 0.3) is 0 Å². The second kappa shape index (κ2) is 8.33. The van der Waals surface area contributed by atoms with Crippen molar-refractivity contribution >= 4 is 33.2 Å². The number of amides is 2. The Kier molecular flexibility index (Phi) is 5.97.